The van der Waals surface area contributed by atoms with Gasteiger partial charge in [0.15, 0.2) is 5.43 Å². The lowest BCUT2D eigenvalue weighted by atomic mass is 9.89. The van der Waals surface area contributed by atoms with E-state index in [1.54, 1.807) is 0 Å². The topological polar surface area (TPSA) is 149 Å². The summed E-state index contributed by atoms with van der Waals surface area (Å²) in [4.78, 5) is 49.0. The Morgan fingerprint density at radius 1 is 1.19 bits per heavy atom. The van der Waals surface area contributed by atoms with Crippen molar-refractivity contribution >= 4 is 28.6 Å². The average molecular weight is 496 g/mol. The molecular weight excluding hydrogens is 472 g/mol. The van der Waals surface area contributed by atoms with Crippen LogP contribution >= 0.6 is 0 Å². The molecule has 2 heterocycles. The van der Waals surface area contributed by atoms with Gasteiger partial charge in [-0.3, -0.25) is 29.4 Å². The van der Waals surface area contributed by atoms with Crippen molar-refractivity contribution in [1.29, 1.82) is 0 Å². The van der Waals surface area contributed by atoms with Gasteiger partial charge in [-0.05, 0) is 32.1 Å². The van der Waals surface area contributed by atoms with E-state index in [2.05, 4.69) is 0 Å². The highest BCUT2D eigenvalue weighted by Crippen LogP contribution is 2.45. The molecule has 1 N–H and O–H groups in total. The maximum atomic E-state index is 13.1. The van der Waals surface area contributed by atoms with Crippen LogP contribution in [0.25, 0.3) is 22.3 Å². The summed E-state index contributed by atoms with van der Waals surface area (Å²) < 4.78 is 16.8. The van der Waals surface area contributed by atoms with Gasteiger partial charge in [0.1, 0.15) is 34.8 Å². The van der Waals surface area contributed by atoms with Gasteiger partial charge in [-0.25, -0.2) is 0 Å². The molecule has 0 saturated carbocycles. The third-order valence-corrected chi connectivity index (χ3v) is 6.25. The molecule has 1 aliphatic heterocycles. The number of hydrogen-bond acceptors (Lipinski definition) is 10. The lowest BCUT2D eigenvalue weighted by Gasteiger charge is -2.26. The molecule has 0 amide bonds. The van der Waals surface area contributed by atoms with E-state index < -0.39 is 28.0 Å². The Hall–Kier alpha value is -4.25. The number of ether oxygens (including phenoxy) is 2. The summed E-state index contributed by atoms with van der Waals surface area (Å²) in [6.45, 7) is 3.21. The van der Waals surface area contributed by atoms with Crippen molar-refractivity contribution in [2.45, 2.75) is 32.2 Å². The molecule has 4 rings (SSSR count). The van der Waals surface area contributed by atoms with Crippen LogP contribution in [0.5, 0.6) is 11.5 Å². The number of likely N-dealkylation sites (N-methyl/N-ethyl adjacent to an activating group) is 1. The van der Waals surface area contributed by atoms with E-state index in [1.165, 1.54) is 50.2 Å². The van der Waals surface area contributed by atoms with Gasteiger partial charge < -0.3 is 19.0 Å². The zero-order valence-corrected chi connectivity index (χ0v) is 19.8. The number of nitro benzene ring substituents is 1. The van der Waals surface area contributed by atoms with Crippen molar-refractivity contribution in [3.63, 3.8) is 0 Å². The minimum Gasteiger partial charge on any atom is -0.507 e. The molecule has 1 aliphatic rings. The summed E-state index contributed by atoms with van der Waals surface area (Å²) in [7, 11) is 1.86. The van der Waals surface area contributed by atoms with Crippen molar-refractivity contribution in [3.8, 4) is 22.8 Å². The Bertz CT molecular complexity index is 1410. The van der Waals surface area contributed by atoms with Crippen LogP contribution in [0.1, 0.15) is 31.7 Å². The van der Waals surface area contributed by atoms with E-state index in [-0.39, 0.29) is 46.7 Å². The fourth-order valence-corrected chi connectivity index (χ4v) is 4.58. The highest BCUT2D eigenvalue weighted by Gasteiger charge is 2.38. The average Bonchev–Trinajstić information content (AvgIpc) is 3.16. The second-order valence-corrected chi connectivity index (χ2v) is 8.63. The predicted molar refractivity (Wildman–Crippen MR) is 128 cm³/mol. The number of aromatic hydroxyl groups is 1. The minimum atomic E-state index is -0.633. The molecule has 1 aromatic heterocycles. The maximum Gasteiger partial charge on any atom is 0.308 e. The molecule has 11 heteroatoms. The number of phenolic OH excluding ortho intramolecular Hbond substituents is 1. The molecule has 3 aromatic rings. The molecule has 36 heavy (non-hydrogen) atoms. The zero-order chi connectivity index (χ0) is 26.1. The second kappa shape index (κ2) is 9.78. The predicted octanol–water partition coefficient (Wildman–Crippen LogP) is 3.35. The van der Waals surface area contributed by atoms with Crippen LogP contribution < -0.4 is 10.2 Å². The standard InChI is InChI=1S/C25H24N2O9/c1-13(28)34-12-18-17(8-9-26(18)3)23-22(35-14(2)29)11-20(31)24-19(30)10-21(36-25(23)24)15-4-6-16(7-5-15)27(32)33/h4-7,10-11,17-18,31H,8-9,12H2,1-3H3. The van der Waals surface area contributed by atoms with Crippen LogP contribution in [0.4, 0.5) is 5.69 Å². The zero-order valence-electron chi connectivity index (χ0n) is 19.8. The highest BCUT2D eigenvalue weighted by molar-refractivity contribution is 5.90. The molecule has 0 bridgehead atoms. The third-order valence-electron chi connectivity index (χ3n) is 6.25. The number of fused-ring (bicyclic) bond motifs is 1. The number of rotatable bonds is 6. The van der Waals surface area contributed by atoms with Crippen molar-refractivity contribution in [3.05, 3.63) is 62.3 Å². The molecule has 2 unspecified atom stereocenters. The first kappa shape index (κ1) is 24.9. The van der Waals surface area contributed by atoms with Gasteiger partial charge in [0, 0.05) is 55.2 Å². The number of benzene rings is 2. The number of esters is 2. The Morgan fingerprint density at radius 3 is 2.50 bits per heavy atom. The molecule has 0 spiro atoms. The van der Waals surface area contributed by atoms with Gasteiger partial charge in [-0.15, -0.1) is 0 Å². The normalized spacial score (nSPS) is 17.8. The first-order chi connectivity index (χ1) is 17.1. The Morgan fingerprint density at radius 2 is 1.89 bits per heavy atom. The van der Waals surface area contributed by atoms with Crippen LogP contribution in [0.15, 0.2) is 45.6 Å². The Balaban J connectivity index is 1.95. The number of non-ortho nitro benzene ring substituents is 1. The van der Waals surface area contributed by atoms with E-state index in [0.29, 0.717) is 24.1 Å². The summed E-state index contributed by atoms with van der Waals surface area (Å²) in [5.74, 6) is -1.72. The van der Waals surface area contributed by atoms with Gasteiger partial charge in [0.2, 0.25) is 0 Å². The molecule has 2 atom stereocenters. The molecule has 0 radical (unpaired) electrons. The Labute approximate surface area is 205 Å². The van der Waals surface area contributed by atoms with Crippen LogP contribution in [-0.2, 0) is 14.3 Å². The molecule has 188 valence electrons. The molecular formula is C25H24N2O9. The summed E-state index contributed by atoms with van der Waals surface area (Å²) in [6, 6.07) is 7.56. The Kier molecular flexibility index (Phi) is 6.75. The number of likely N-dealkylation sites (tertiary alicyclic amines) is 1. The van der Waals surface area contributed by atoms with E-state index in [0.717, 1.165) is 0 Å². The SMILES string of the molecule is CC(=O)OCC1C(c2c(OC(C)=O)cc(O)c3c(=O)cc(-c4ccc([N+](=O)[O-])cc4)oc23)CCN1C. The number of nitro groups is 1. The van der Waals surface area contributed by atoms with Crippen LogP contribution in [-0.4, -0.2) is 53.1 Å². The smallest absolute Gasteiger partial charge is 0.308 e. The van der Waals surface area contributed by atoms with E-state index in [9.17, 15) is 29.6 Å². The summed E-state index contributed by atoms with van der Waals surface area (Å²) in [5, 5.41) is 21.6. The number of nitrogens with zero attached hydrogens (tertiary/aromatic N) is 2. The lowest BCUT2D eigenvalue weighted by Crippen LogP contribution is -2.34. The second-order valence-electron chi connectivity index (χ2n) is 8.63. The van der Waals surface area contributed by atoms with E-state index in [4.69, 9.17) is 13.9 Å². The quantitative estimate of drug-likeness (QED) is 0.233. The number of carbonyl (C=O) groups excluding carboxylic acids is 2. The van der Waals surface area contributed by atoms with E-state index in [1.807, 2.05) is 11.9 Å². The van der Waals surface area contributed by atoms with Crippen LogP contribution in [0.2, 0.25) is 0 Å². The third kappa shape index (κ3) is 4.78. The largest absolute Gasteiger partial charge is 0.507 e. The number of hydrogen-bond donors (Lipinski definition) is 1. The van der Waals surface area contributed by atoms with Crippen LogP contribution in [0.3, 0.4) is 0 Å². The fourth-order valence-electron chi connectivity index (χ4n) is 4.58. The first-order valence-electron chi connectivity index (χ1n) is 11.2. The first-order valence-corrected chi connectivity index (χ1v) is 11.2. The molecule has 11 nitrogen and oxygen atoms in total. The molecule has 2 aromatic carbocycles. The van der Waals surface area contributed by atoms with E-state index >= 15 is 0 Å². The van der Waals surface area contributed by atoms with Gasteiger partial charge in [-0.1, -0.05) is 0 Å². The summed E-state index contributed by atoms with van der Waals surface area (Å²) >= 11 is 0. The minimum absolute atomic E-state index is 0.0280. The molecule has 1 saturated heterocycles. The fraction of sp³-hybridized carbons (Fsp3) is 0.320. The highest BCUT2D eigenvalue weighted by atomic mass is 16.6. The monoisotopic (exact) mass is 496 g/mol. The summed E-state index contributed by atoms with van der Waals surface area (Å²) in [5.41, 5.74) is 0.156. The molecule has 0 aliphatic carbocycles. The van der Waals surface area contributed by atoms with Gasteiger partial charge in [0.05, 0.1) is 11.0 Å². The summed E-state index contributed by atoms with van der Waals surface area (Å²) in [6.07, 6.45) is 0.571. The van der Waals surface area contributed by atoms with Gasteiger partial charge in [-0.2, -0.15) is 0 Å². The number of phenols is 1. The van der Waals surface area contributed by atoms with Crippen molar-refractivity contribution in [1.82, 2.24) is 4.90 Å². The number of carbonyl (C=O) groups is 2. The molecule has 1 fully saturated rings. The van der Waals surface area contributed by atoms with Gasteiger partial charge >= 0.3 is 11.9 Å². The maximum absolute atomic E-state index is 13.1. The van der Waals surface area contributed by atoms with Crippen molar-refractivity contribution < 1.29 is 33.5 Å². The van der Waals surface area contributed by atoms with Gasteiger partial charge in [0.25, 0.3) is 5.69 Å². The van der Waals surface area contributed by atoms with Crippen molar-refractivity contribution in [2.75, 3.05) is 20.2 Å². The van der Waals surface area contributed by atoms with Crippen LogP contribution in [0, 0.1) is 10.1 Å². The van der Waals surface area contributed by atoms with Crippen molar-refractivity contribution in [2.24, 2.45) is 0 Å². The lowest BCUT2D eigenvalue weighted by molar-refractivity contribution is -0.384.